The van der Waals surface area contributed by atoms with Crippen LogP contribution in [0.4, 0.5) is 8.78 Å². The van der Waals surface area contributed by atoms with Gasteiger partial charge in [0.05, 0.1) is 36.4 Å². The molecule has 39 heavy (non-hydrogen) atoms. The van der Waals surface area contributed by atoms with Crippen LogP contribution in [0.5, 0.6) is 5.75 Å². The quantitative estimate of drug-likeness (QED) is 0.188. The molecule has 1 saturated heterocycles. The second kappa shape index (κ2) is 11.1. The summed E-state index contributed by atoms with van der Waals surface area (Å²) in [6.45, 7) is 11.3. The number of hydrogen-bond acceptors (Lipinski definition) is 8. The van der Waals surface area contributed by atoms with Crippen molar-refractivity contribution in [3.8, 4) is 5.75 Å². The van der Waals surface area contributed by atoms with Crippen LogP contribution in [0.2, 0.25) is 5.15 Å². The van der Waals surface area contributed by atoms with Gasteiger partial charge in [-0.2, -0.15) is 0 Å². The third-order valence-corrected chi connectivity index (χ3v) is 8.82. The standard InChI is InChI=1S/C27H30BClF2N2O5S/c1-14(27(6)26(4,5)37-28(38-27)20-11-23(25(34)35-7)39-16(20)3)8-22-21(31)10-18(13-32-22)36-15(2)19-9-17(30)12-33-24(19)29/h9-15H,8H2,1-7H3. The first-order chi connectivity index (χ1) is 18.3. The molecule has 3 unspecified atom stereocenters. The van der Waals surface area contributed by atoms with Crippen molar-refractivity contribution in [1.82, 2.24) is 9.97 Å². The molecule has 7 nitrogen and oxygen atoms in total. The van der Waals surface area contributed by atoms with Gasteiger partial charge < -0.3 is 18.8 Å². The van der Waals surface area contributed by atoms with Crippen molar-refractivity contribution in [3.05, 3.63) is 68.4 Å². The van der Waals surface area contributed by atoms with Gasteiger partial charge in [0.2, 0.25) is 0 Å². The first kappa shape index (κ1) is 29.4. The Morgan fingerprint density at radius 3 is 2.54 bits per heavy atom. The van der Waals surface area contributed by atoms with E-state index in [1.54, 1.807) is 13.0 Å². The molecule has 0 bridgehead atoms. The third-order valence-electron chi connectivity index (χ3n) is 7.46. The maximum Gasteiger partial charge on any atom is 0.496 e. The molecule has 12 heteroatoms. The predicted octanol–water partition coefficient (Wildman–Crippen LogP) is 5.86. The first-order valence-corrected chi connectivity index (χ1v) is 13.6. The van der Waals surface area contributed by atoms with Crippen LogP contribution in [-0.2, 0) is 20.5 Å². The molecular formula is C27H30BClF2N2O5S. The Labute approximate surface area is 236 Å². The minimum absolute atomic E-state index is 0.106. The lowest BCUT2D eigenvalue weighted by molar-refractivity contribution is -0.0492. The van der Waals surface area contributed by atoms with E-state index in [0.717, 1.165) is 16.5 Å². The fraction of sp³-hybridized carbons (Fsp3) is 0.444. The van der Waals surface area contributed by atoms with Gasteiger partial charge in [-0.15, -0.1) is 11.3 Å². The van der Waals surface area contributed by atoms with Crippen molar-refractivity contribution in [3.63, 3.8) is 0 Å². The van der Waals surface area contributed by atoms with E-state index in [-0.39, 0.29) is 28.9 Å². The van der Waals surface area contributed by atoms with E-state index in [0.29, 0.717) is 10.4 Å². The summed E-state index contributed by atoms with van der Waals surface area (Å²) < 4.78 is 52.2. The Morgan fingerprint density at radius 1 is 1.15 bits per heavy atom. The van der Waals surface area contributed by atoms with Crippen LogP contribution in [0.3, 0.4) is 0 Å². The fourth-order valence-electron chi connectivity index (χ4n) is 4.68. The number of thiophene rings is 1. The summed E-state index contributed by atoms with van der Waals surface area (Å²) in [5.74, 6) is -1.53. The number of hydrogen-bond donors (Lipinski definition) is 0. The molecule has 0 aromatic carbocycles. The van der Waals surface area contributed by atoms with Crippen molar-refractivity contribution < 1.29 is 32.4 Å². The molecule has 0 aliphatic carbocycles. The van der Waals surface area contributed by atoms with E-state index < -0.39 is 42.0 Å². The van der Waals surface area contributed by atoms with E-state index >= 15 is 4.39 Å². The molecule has 0 spiro atoms. The number of pyridine rings is 2. The average Bonchev–Trinajstić information content (AvgIpc) is 3.38. The fourth-order valence-corrected chi connectivity index (χ4v) is 5.89. The maximum absolute atomic E-state index is 15.2. The molecular weight excluding hydrogens is 549 g/mol. The minimum Gasteiger partial charge on any atom is -0.484 e. The van der Waals surface area contributed by atoms with E-state index in [4.69, 9.17) is 30.4 Å². The van der Waals surface area contributed by atoms with Crippen LogP contribution < -0.4 is 10.2 Å². The zero-order valence-electron chi connectivity index (χ0n) is 22.8. The van der Waals surface area contributed by atoms with Crippen LogP contribution >= 0.6 is 22.9 Å². The maximum atomic E-state index is 15.2. The SMILES string of the molecule is COC(=O)c1cc(B2OC(C)(C)C(C)(C(C)Cc3ncc(OC(C)c4cc(F)cnc4Cl)cc3F)O2)c(C)s1. The van der Waals surface area contributed by atoms with Crippen LogP contribution in [0.15, 0.2) is 30.6 Å². The Bertz CT molecular complexity index is 1390. The van der Waals surface area contributed by atoms with E-state index in [1.807, 2.05) is 34.6 Å². The minimum atomic E-state index is -0.809. The summed E-state index contributed by atoms with van der Waals surface area (Å²) in [4.78, 5) is 21.5. The zero-order valence-corrected chi connectivity index (χ0v) is 24.4. The van der Waals surface area contributed by atoms with Gasteiger partial charge in [0.1, 0.15) is 33.5 Å². The molecule has 3 aromatic rings. The highest BCUT2D eigenvalue weighted by molar-refractivity contribution is 7.15. The summed E-state index contributed by atoms with van der Waals surface area (Å²) in [6.07, 6.45) is 2.04. The average molecular weight is 579 g/mol. The van der Waals surface area contributed by atoms with Crippen molar-refractivity contribution in [2.45, 2.75) is 65.3 Å². The lowest BCUT2D eigenvalue weighted by Gasteiger charge is -2.41. The van der Waals surface area contributed by atoms with Gasteiger partial charge in [0.25, 0.3) is 0 Å². The molecule has 0 amide bonds. The number of esters is 1. The number of aryl methyl sites for hydroxylation is 1. The summed E-state index contributed by atoms with van der Waals surface area (Å²) in [5.41, 5.74) is -0.187. The molecule has 3 aromatic heterocycles. The van der Waals surface area contributed by atoms with Gasteiger partial charge in [0.15, 0.2) is 0 Å². The molecule has 0 N–H and O–H groups in total. The van der Waals surface area contributed by atoms with Crippen LogP contribution in [0, 0.1) is 24.5 Å². The molecule has 0 saturated carbocycles. The number of rotatable bonds is 8. The number of nitrogens with zero attached hydrogens (tertiary/aromatic N) is 2. The summed E-state index contributed by atoms with van der Waals surface area (Å²) >= 11 is 7.38. The van der Waals surface area contributed by atoms with Gasteiger partial charge in [-0.3, -0.25) is 4.98 Å². The molecule has 4 heterocycles. The van der Waals surface area contributed by atoms with E-state index in [2.05, 4.69) is 9.97 Å². The van der Waals surface area contributed by atoms with Crippen molar-refractivity contribution in [2.24, 2.45) is 5.92 Å². The Hall–Kier alpha value is -2.60. The van der Waals surface area contributed by atoms with Gasteiger partial charge in [0, 0.05) is 16.5 Å². The van der Waals surface area contributed by atoms with Gasteiger partial charge in [-0.25, -0.2) is 18.6 Å². The number of methoxy groups -OCH3 is 1. The van der Waals surface area contributed by atoms with Crippen LogP contribution in [0.25, 0.3) is 0 Å². The van der Waals surface area contributed by atoms with Crippen molar-refractivity contribution >= 4 is 41.5 Å². The number of halogens is 3. The highest BCUT2D eigenvalue weighted by Gasteiger charge is 2.57. The number of aromatic nitrogens is 2. The second-order valence-corrected chi connectivity index (χ2v) is 11.9. The molecule has 1 fully saturated rings. The molecule has 1 aliphatic rings. The lowest BCUT2D eigenvalue weighted by atomic mass is 9.75. The monoisotopic (exact) mass is 578 g/mol. The largest absolute Gasteiger partial charge is 0.496 e. The first-order valence-electron chi connectivity index (χ1n) is 12.4. The lowest BCUT2D eigenvalue weighted by Crippen LogP contribution is -2.50. The predicted molar refractivity (Wildman–Crippen MR) is 146 cm³/mol. The van der Waals surface area contributed by atoms with Gasteiger partial charge in [-0.05, 0) is 64.6 Å². The summed E-state index contributed by atoms with van der Waals surface area (Å²) in [7, 11) is 0.645. The Kier molecular flexibility index (Phi) is 8.38. The van der Waals surface area contributed by atoms with E-state index in [9.17, 15) is 9.18 Å². The van der Waals surface area contributed by atoms with Gasteiger partial charge in [-0.1, -0.05) is 18.5 Å². The van der Waals surface area contributed by atoms with E-state index in [1.165, 1.54) is 36.8 Å². The molecule has 0 radical (unpaired) electrons. The smallest absolute Gasteiger partial charge is 0.484 e. The Balaban J connectivity index is 1.49. The molecule has 208 valence electrons. The molecule has 4 rings (SSSR count). The van der Waals surface area contributed by atoms with Crippen molar-refractivity contribution in [1.29, 1.82) is 0 Å². The topological polar surface area (TPSA) is 79.8 Å². The van der Waals surface area contributed by atoms with Crippen molar-refractivity contribution in [2.75, 3.05) is 7.11 Å². The highest BCUT2D eigenvalue weighted by atomic mass is 35.5. The highest BCUT2D eigenvalue weighted by Crippen LogP contribution is 2.44. The number of carbonyl (C=O) groups is 1. The normalized spacial score (nSPS) is 20.1. The van der Waals surface area contributed by atoms with Crippen LogP contribution in [-0.4, -0.2) is 41.4 Å². The second-order valence-electron chi connectivity index (χ2n) is 10.3. The summed E-state index contributed by atoms with van der Waals surface area (Å²) in [5, 5.41) is 0.106. The summed E-state index contributed by atoms with van der Waals surface area (Å²) in [6, 6.07) is 4.21. The molecule has 1 aliphatic heterocycles. The number of ether oxygens (including phenoxy) is 2. The molecule has 3 atom stereocenters. The third kappa shape index (κ3) is 5.82. The Morgan fingerprint density at radius 2 is 1.87 bits per heavy atom. The number of carbonyl (C=O) groups excluding carboxylic acids is 1. The van der Waals surface area contributed by atoms with Gasteiger partial charge >= 0.3 is 13.1 Å². The zero-order chi connectivity index (χ0) is 28.7. The van der Waals surface area contributed by atoms with Crippen LogP contribution in [0.1, 0.15) is 66.5 Å².